The molecule has 1 heterocycles. The van der Waals surface area contributed by atoms with Crippen LogP contribution >= 0.6 is 15.9 Å². The highest BCUT2D eigenvalue weighted by molar-refractivity contribution is 9.10. The summed E-state index contributed by atoms with van der Waals surface area (Å²) in [6.45, 7) is -1.38. The molecule has 2 bridgehead atoms. The predicted octanol–water partition coefficient (Wildman–Crippen LogP) is 3.17. The zero-order valence-electron chi connectivity index (χ0n) is 11.2. The Morgan fingerprint density at radius 1 is 1.38 bits per heavy atom. The molecule has 3 rings (SSSR count). The molecule has 8 heteroatoms. The molecular formula is C13H15BrF3N3O. The molecule has 3 unspecified atom stereocenters. The minimum atomic E-state index is -4.46. The van der Waals surface area contributed by atoms with E-state index in [1.54, 1.807) is 0 Å². The van der Waals surface area contributed by atoms with Gasteiger partial charge in [-0.05, 0) is 47.0 Å². The number of fused-ring (bicyclic) bond motifs is 2. The van der Waals surface area contributed by atoms with E-state index in [1.165, 1.54) is 25.5 Å². The van der Waals surface area contributed by atoms with Crippen molar-refractivity contribution in [2.45, 2.75) is 44.4 Å². The van der Waals surface area contributed by atoms with Crippen LogP contribution in [-0.2, 0) is 6.54 Å². The molecule has 21 heavy (non-hydrogen) atoms. The molecule has 3 atom stereocenters. The van der Waals surface area contributed by atoms with Crippen LogP contribution in [0.25, 0.3) is 0 Å². The Labute approximate surface area is 127 Å². The van der Waals surface area contributed by atoms with E-state index < -0.39 is 18.3 Å². The first-order chi connectivity index (χ1) is 9.83. The Morgan fingerprint density at radius 3 is 2.71 bits per heavy atom. The van der Waals surface area contributed by atoms with Crippen molar-refractivity contribution < 1.29 is 13.2 Å². The molecule has 1 N–H and O–H groups in total. The highest BCUT2D eigenvalue weighted by atomic mass is 79.9. The number of halogens is 4. The topological polar surface area (TPSA) is 46.9 Å². The van der Waals surface area contributed by atoms with Crippen LogP contribution < -0.4 is 10.9 Å². The van der Waals surface area contributed by atoms with Gasteiger partial charge in [-0.2, -0.15) is 18.3 Å². The Kier molecular flexibility index (Phi) is 3.75. The maximum atomic E-state index is 12.4. The maximum Gasteiger partial charge on any atom is 0.408 e. The highest BCUT2D eigenvalue weighted by Crippen LogP contribution is 2.45. The summed E-state index contributed by atoms with van der Waals surface area (Å²) in [6.07, 6.45) is 1.53. The van der Waals surface area contributed by atoms with Gasteiger partial charge in [0.25, 0.3) is 5.56 Å². The minimum absolute atomic E-state index is 0.115. The number of rotatable bonds is 3. The molecule has 0 radical (unpaired) electrons. The molecule has 0 aliphatic heterocycles. The Morgan fingerprint density at radius 2 is 2.14 bits per heavy atom. The normalized spacial score (nSPS) is 28.1. The van der Waals surface area contributed by atoms with Gasteiger partial charge >= 0.3 is 6.18 Å². The number of anilines is 1. The standard InChI is InChI=1S/C13H15BrF3N3O/c14-11-10(19-9-4-7-1-2-8(9)3-7)5-18-20(12(11)21)6-13(15,16)17/h5,7-9,19H,1-4,6H2. The third-order valence-electron chi connectivity index (χ3n) is 4.39. The Balaban J connectivity index is 1.78. The van der Waals surface area contributed by atoms with Crippen molar-refractivity contribution in [2.24, 2.45) is 11.8 Å². The molecule has 2 aliphatic rings. The molecule has 116 valence electrons. The number of nitrogens with zero attached hydrogens (tertiary/aromatic N) is 2. The fourth-order valence-corrected chi connectivity index (χ4v) is 3.89. The third kappa shape index (κ3) is 3.09. The van der Waals surface area contributed by atoms with Crippen LogP contribution in [0, 0.1) is 11.8 Å². The fraction of sp³-hybridized carbons (Fsp3) is 0.692. The summed E-state index contributed by atoms with van der Waals surface area (Å²) in [5, 5.41) is 6.89. The van der Waals surface area contributed by atoms with E-state index >= 15 is 0 Å². The number of nitrogens with one attached hydrogen (secondary N) is 1. The van der Waals surface area contributed by atoms with Gasteiger partial charge in [0.1, 0.15) is 11.0 Å². The largest absolute Gasteiger partial charge is 0.408 e. The average molecular weight is 366 g/mol. The summed E-state index contributed by atoms with van der Waals surface area (Å²) in [5.41, 5.74) is -0.281. The summed E-state index contributed by atoms with van der Waals surface area (Å²) in [5.74, 6) is 1.34. The van der Waals surface area contributed by atoms with Crippen LogP contribution in [0.2, 0.25) is 0 Å². The van der Waals surface area contributed by atoms with Crippen molar-refractivity contribution in [3.63, 3.8) is 0 Å². The quantitative estimate of drug-likeness (QED) is 0.894. The van der Waals surface area contributed by atoms with Gasteiger partial charge in [-0.25, -0.2) is 4.68 Å². The first kappa shape index (κ1) is 14.9. The SMILES string of the molecule is O=c1c(Br)c(NC2CC3CCC2C3)cnn1CC(F)(F)F. The smallest absolute Gasteiger partial charge is 0.380 e. The number of aromatic nitrogens is 2. The van der Waals surface area contributed by atoms with Gasteiger partial charge in [0.2, 0.25) is 0 Å². The molecule has 2 aliphatic carbocycles. The number of hydrogen-bond donors (Lipinski definition) is 1. The van der Waals surface area contributed by atoms with E-state index in [-0.39, 0.29) is 4.47 Å². The molecule has 0 saturated heterocycles. The lowest BCUT2D eigenvalue weighted by Crippen LogP contribution is -2.32. The lowest BCUT2D eigenvalue weighted by Gasteiger charge is -2.24. The molecule has 2 fully saturated rings. The van der Waals surface area contributed by atoms with Gasteiger partial charge in [0, 0.05) is 6.04 Å². The van der Waals surface area contributed by atoms with E-state index in [0.29, 0.717) is 22.3 Å². The molecule has 1 aromatic rings. The first-order valence-electron chi connectivity index (χ1n) is 6.92. The van der Waals surface area contributed by atoms with E-state index in [4.69, 9.17) is 0 Å². The van der Waals surface area contributed by atoms with Gasteiger partial charge in [0.05, 0.1) is 11.9 Å². The average Bonchev–Trinajstić information content (AvgIpc) is 2.99. The van der Waals surface area contributed by atoms with Crippen LogP contribution in [0.15, 0.2) is 15.5 Å². The Bertz CT molecular complexity index is 601. The maximum absolute atomic E-state index is 12.4. The van der Waals surface area contributed by atoms with Gasteiger partial charge in [0.15, 0.2) is 0 Å². The first-order valence-corrected chi connectivity index (χ1v) is 7.71. The number of hydrogen-bond acceptors (Lipinski definition) is 3. The van der Waals surface area contributed by atoms with Crippen molar-refractivity contribution in [2.75, 3.05) is 5.32 Å². The molecule has 0 aromatic carbocycles. The van der Waals surface area contributed by atoms with Gasteiger partial charge < -0.3 is 5.32 Å². The van der Waals surface area contributed by atoms with E-state index in [1.807, 2.05) is 0 Å². The lowest BCUT2D eigenvalue weighted by molar-refractivity contribution is -0.143. The van der Waals surface area contributed by atoms with Crippen LogP contribution in [0.5, 0.6) is 0 Å². The van der Waals surface area contributed by atoms with Crippen molar-refractivity contribution in [3.8, 4) is 0 Å². The predicted molar refractivity (Wildman–Crippen MR) is 75.1 cm³/mol. The summed E-state index contributed by atoms with van der Waals surface area (Å²) in [6, 6.07) is 0.291. The second-order valence-corrected chi connectivity index (χ2v) is 6.67. The van der Waals surface area contributed by atoms with Gasteiger partial charge in [-0.15, -0.1) is 0 Å². The molecule has 1 aromatic heterocycles. The van der Waals surface area contributed by atoms with E-state index in [0.717, 1.165) is 12.3 Å². The summed E-state index contributed by atoms with van der Waals surface area (Å²) in [7, 11) is 0. The monoisotopic (exact) mass is 365 g/mol. The van der Waals surface area contributed by atoms with Gasteiger partial charge in [-0.1, -0.05) is 6.42 Å². The second-order valence-electron chi connectivity index (χ2n) is 5.88. The molecular weight excluding hydrogens is 351 g/mol. The van der Waals surface area contributed by atoms with Crippen molar-refractivity contribution in [1.82, 2.24) is 9.78 Å². The highest BCUT2D eigenvalue weighted by Gasteiger charge is 2.39. The number of alkyl halides is 3. The van der Waals surface area contributed by atoms with Crippen molar-refractivity contribution >= 4 is 21.6 Å². The molecule has 2 saturated carbocycles. The van der Waals surface area contributed by atoms with Crippen LogP contribution in [0.3, 0.4) is 0 Å². The van der Waals surface area contributed by atoms with Crippen LogP contribution in [0.4, 0.5) is 18.9 Å². The zero-order chi connectivity index (χ0) is 15.2. The summed E-state index contributed by atoms with van der Waals surface area (Å²) >= 11 is 3.10. The zero-order valence-corrected chi connectivity index (χ0v) is 12.7. The summed E-state index contributed by atoms with van der Waals surface area (Å²) < 4.78 is 37.6. The summed E-state index contributed by atoms with van der Waals surface area (Å²) in [4.78, 5) is 11.9. The van der Waals surface area contributed by atoms with E-state index in [9.17, 15) is 18.0 Å². The Hall–Kier alpha value is -1.05. The molecule has 0 spiro atoms. The minimum Gasteiger partial charge on any atom is -0.380 e. The lowest BCUT2D eigenvalue weighted by atomic mass is 9.95. The fourth-order valence-electron chi connectivity index (χ4n) is 3.47. The second kappa shape index (κ2) is 5.30. The van der Waals surface area contributed by atoms with Crippen LogP contribution in [0.1, 0.15) is 25.7 Å². The van der Waals surface area contributed by atoms with Crippen molar-refractivity contribution in [3.05, 3.63) is 21.0 Å². The van der Waals surface area contributed by atoms with E-state index in [2.05, 4.69) is 26.3 Å². The van der Waals surface area contributed by atoms with Crippen LogP contribution in [-0.4, -0.2) is 22.0 Å². The molecule has 4 nitrogen and oxygen atoms in total. The van der Waals surface area contributed by atoms with Crippen molar-refractivity contribution in [1.29, 1.82) is 0 Å². The molecule has 0 amide bonds. The third-order valence-corrected chi connectivity index (χ3v) is 5.16. The van der Waals surface area contributed by atoms with Gasteiger partial charge in [-0.3, -0.25) is 4.79 Å².